The first-order valence-electron chi connectivity index (χ1n) is 7.80. The molecule has 1 saturated heterocycles. The summed E-state index contributed by atoms with van der Waals surface area (Å²) in [7, 11) is 0. The SMILES string of the molecule is CCCNc1cccc(N2CCC(C)C(C)C2)c1[N+](=O)[O-]. The first-order valence-corrected chi connectivity index (χ1v) is 7.80. The highest BCUT2D eigenvalue weighted by Gasteiger charge is 2.29. The highest BCUT2D eigenvalue weighted by molar-refractivity contribution is 5.77. The van der Waals surface area contributed by atoms with Crippen LogP contribution >= 0.6 is 0 Å². The van der Waals surface area contributed by atoms with E-state index in [4.69, 9.17) is 0 Å². The Kier molecular flexibility index (Phi) is 5.04. The summed E-state index contributed by atoms with van der Waals surface area (Å²) in [5.41, 5.74) is 1.60. The van der Waals surface area contributed by atoms with E-state index in [-0.39, 0.29) is 10.6 Å². The molecule has 1 N–H and O–H groups in total. The van der Waals surface area contributed by atoms with Gasteiger partial charge in [0, 0.05) is 19.6 Å². The highest BCUT2D eigenvalue weighted by atomic mass is 16.6. The molecule has 0 aliphatic carbocycles. The molecule has 1 aromatic rings. The quantitative estimate of drug-likeness (QED) is 0.660. The van der Waals surface area contributed by atoms with Gasteiger partial charge in [-0.25, -0.2) is 0 Å². The molecule has 1 aliphatic rings. The highest BCUT2D eigenvalue weighted by Crippen LogP contribution is 2.38. The molecular weight excluding hydrogens is 266 g/mol. The lowest BCUT2D eigenvalue weighted by atomic mass is 9.88. The van der Waals surface area contributed by atoms with Crippen LogP contribution in [0.15, 0.2) is 18.2 Å². The number of benzene rings is 1. The number of nitrogens with zero attached hydrogens (tertiary/aromatic N) is 2. The van der Waals surface area contributed by atoms with Crippen LogP contribution in [-0.4, -0.2) is 24.6 Å². The second-order valence-electron chi connectivity index (χ2n) is 6.05. The maximum Gasteiger partial charge on any atom is 0.315 e. The van der Waals surface area contributed by atoms with E-state index >= 15 is 0 Å². The third-order valence-corrected chi connectivity index (χ3v) is 4.44. The number of nitrogens with one attached hydrogen (secondary N) is 1. The normalized spacial score (nSPS) is 22.1. The summed E-state index contributed by atoms with van der Waals surface area (Å²) in [6.07, 6.45) is 2.03. The molecule has 1 heterocycles. The van der Waals surface area contributed by atoms with Crippen molar-refractivity contribution in [2.24, 2.45) is 11.8 Å². The fourth-order valence-electron chi connectivity index (χ4n) is 2.86. The molecule has 116 valence electrons. The largest absolute Gasteiger partial charge is 0.379 e. The van der Waals surface area contributed by atoms with E-state index in [1.807, 2.05) is 12.1 Å². The summed E-state index contributed by atoms with van der Waals surface area (Å²) in [6, 6.07) is 5.58. The minimum absolute atomic E-state index is 0.215. The van der Waals surface area contributed by atoms with Gasteiger partial charge in [0.15, 0.2) is 0 Å². The van der Waals surface area contributed by atoms with Gasteiger partial charge in [0.1, 0.15) is 11.4 Å². The Hall–Kier alpha value is -1.78. The molecule has 5 nitrogen and oxygen atoms in total. The topological polar surface area (TPSA) is 58.4 Å². The first-order chi connectivity index (χ1) is 10.0. The molecule has 0 bridgehead atoms. The maximum absolute atomic E-state index is 11.5. The second kappa shape index (κ2) is 6.78. The van der Waals surface area contributed by atoms with Gasteiger partial charge in [-0.05, 0) is 36.8 Å². The van der Waals surface area contributed by atoms with Crippen LogP contribution in [0.1, 0.15) is 33.6 Å². The Labute approximate surface area is 126 Å². The van der Waals surface area contributed by atoms with Crippen LogP contribution < -0.4 is 10.2 Å². The zero-order valence-electron chi connectivity index (χ0n) is 13.1. The molecule has 2 rings (SSSR count). The monoisotopic (exact) mass is 291 g/mol. The molecule has 1 aliphatic heterocycles. The average Bonchev–Trinajstić information content (AvgIpc) is 2.47. The van der Waals surface area contributed by atoms with E-state index in [2.05, 4.69) is 31.0 Å². The lowest BCUT2D eigenvalue weighted by molar-refractivity contribution is -0.383. The number of hydrogen-bond acceptors (Lipinski definition) is 4. The van der Waals surface area contributed by atoms with Gasteiger partial charge in [-0.2, -0.15) is 0 Å². The van der Waals surface area contributed by atoms with E-state index in [0.29, 0.717) is 17.5 Å². The van der Waals surface area contributed by atoms with Crippen LogP contribution in [0.4, 0.5) is 17.1 Å². The minimum Gasteiger partial charge on any atom is -0.379 e. The number of rotatable bonds is 5. The summed E-state index contributed by atoms with van der Waals surface area (Å²) in [6.45, 7) is 9.06. The molecule has 2 atom stereocenters. The fourth-order valence-corrected chi connectivity index (χ4v) is 2.86. The molecule has 5 heteroatoms. The molecule has 2 unspecified atom stereocenters. The zero-order valence-corrected chi connectivity index (χ0v) is 13.1. The van der Waals surface area contributed by atoms with Crippen molar-refractivity contribution in [3.8, 4) is 0 Å². The van der Waals surface area contributed by atoms with Gasteiger partial charge >= 0.3 is 5.69 Å². The molecule has 0 saturated carbocycles. The van der Waals surface area contributed by atoms with Crippen molar-refractivity contribution >= 4 is 17.1 Å². The first kappa shape index (κ1) is 15.6. The van der Waals surface area contributed by atoms with Crippen LogP contribution in [0.5, 0.6) is 0 Å². The minimum atomic E-state index is -0.254. The van der Waals surface area contributed by atoms with Crippen molar-refractivity contribution in [3.63, 3.8) is 0 Å². The summed E-state index contributed by atoms with van der Waals surface area (Å²) in [5, 5.41) is 14.7. The second-order valence-corrected chi connectivity index (χ2v) is 6.05. The van der Waals surface area contributed by atoms with E-state index in [9.17, 15) is 10.1 Å². The Balaban J connectivity index is 2.32. The molecule has 21 heavy (non-hydrogen) atoms. The van der Waals surface area contributed by atoms with Crippen LogP contribution in [0.2, 0.25) is 0 Å². The average molecular weight is 291 g/mol. The van der Waals surface area contributed by atoms with E-state index in [0.717, 1.165) is 38.2 Å². The number of hydrogen-bond donors (Lipinski definition) is 1. The summed E-state index contributed by atoms with van der Waals surface area (Å²) in [5.74, 6) is 1.24. The predicted octanol–water partition coefficient (Wildman–Crippen LogP) is 3.90. The zero-order chi connectivity index (χ0) is 15.4. The summed E-state index contributed by atoms with van der Waals surface area (Å²) in [4.78, 5) is 13.4. The Morgan fingerprint density at radius 1 is 1.38 bits per heavy atom. The van der Waals surface area contributed by atoms with Gasteiger partial charge in [-0.15, -0.1) is 0 Å². The number of piperidine rings is 1. The van der Waals surface area contributed by atoms with Gasteiger partial charge in [0.2, 0.25) is 0 Å². The van der Waals surface area contributed by atoms with Crippen LogP contribution in [0, 0.1) is 22.0 Å². The molecule has 0 spiro atoms. The van der Waals surface area contributed by atoms with Crippen molar-refractivity contribution in [3.05, 3.63) is 28.3 Å². The van der Waals surface area contributed by atoms with Crippen molar-refractivity contribution < 1.29 is 4.92 Å². The third kappa shape index (κ3) is 3.46. The molecule has 0 amide bonds. The number of nitro benzene ring substituents is 1. The van der Waals surface area contributed by atoms with Crippen LogP contribution in [-0.2, 0) is 0 Å². The van der Waals surface area contributed by atoms with Crippen LogP contribution in [0.3, 0.4) is 0 Å². The number of anilines is 2. The Morgan fingerprint density at radius 2 is 2.14 bits per heavy atom. The number of para-hydroxylation sites is 1. The molecular formula is C16H25N3O2. The van der Waals surface area contributed by atoms with Gasteiger partial charge in [0.05, 0.1) is 4.92 Å². The lowest BCUT2D eigenvalue weighted by Gasteiger charge is -2.36. The molecule has 0 aromatic heterocycles. The van der Waals surface area contributed by atoms with Crippen molar-refractivity contribution in [1.82, 2.24) is 0 Å². The molecule has 1 fully saturated rings. The summed E-state index contributed by atoms with van der Waals surface area (Å²) >= 11 is 0. The van der Waals surface area contributed by atoms with Gasteiger partial charge in [-0.3, -0.25) is 10.1 Å². The summed E-state index contributed by atoms with van der Waals surface area (Å²) < 4.78 is 0. The standard InChI is InChI=1S/C16H25N3O2/c1-4-9-17-14-6-5-7-15(16(14)19(20)21)18-10-8-12(2)13(3)11-18/h5-7,12-13,17H,4,8-11H2,1-3H3. The lowest BCUT2D eigenvalue weighted by Crippen LogP contribution is -2.38. The van der Waals surface area contributed by atoms with E-state index < -0.39 is 0 Å². The smallest absolute Gasteiger partial charge is 0.315 e. The van der Waals surface area contributed by atoms with Crippen molar-refractivity contribution in [1.29, 1.82) is 0 Å². The van der Waals surface area contributed by atoms with Gasteiger partial charge < -0.3 is 10.2 Å². The molecule has 1 aromatic carbocycles. The van der Waals surface area contributed by atoms with Crippen LogP contribution in [0.25, 0.3) is 0 Å². The van der Waals surface area contributed by atoms with Crippen molar-refractivity contribution in [2.45, 2.75) is 33.6 Å². The number of nitro groups is 1. The molecule has 0 radical (unpaired) electrons. The Morgan fingerprint density at radius 3 is 2.76 bits per heavy atom. The van der Waals surface area contributed by atoms with Gasteiger partial charge in [0.25, 0.3) is 0 Å². The van der Waals surface area contributed by atoms with E-state index in [1.54, 1.807) is 6.07 Å². The maximum atomic E-state index is 11.5. The third-order valence-electron chi connectivity index (χ3n) is 4.44. The Bertz CT molecular complexity index is 504. The predicted molar refractivity (Wildman–Crippen MR) is 87.0 cm³/mol. The fraction of sp³-hybridized carbons (Fsp3) is 0.625. The van der Waals surface area contributed by atoms with E-state index in [1.165, 1.54) is 0 Å². The van der Waals surface area contributed by atoms with Crippen molar-refractivity contribution in [2.75, 3.05) is 29.9 Å². The van der Waals surface area contributed by atoms with Gasteiger partial charge in [-0.1, -0.05) is 26.8 Å².